The molecule has 0 bridgehead atoms. The first kappa shape index (κ1) is 12.7. The van der Waals surface area contributed by atoms with Gasteiger partial charge in [-0.1, -0.05) is 23.4 Å². The Balaban J connectivity index is 2.49. The first-order valence-electron chi connectivity index (χ1n) is 5.81. The van der Waals surface area contributed by atoms with Crippen LogP contribution in [-0.4, -0.2) is 36.2 Å². The number of sulfonamides is 1. The molecule has 0 fully saturated rings. The highest BCUT2D eigenvalue weighted by atomic mass is 32.2. The number of fused-ring (bicyclic) bond motifs is 2. The van der Waals surface area contributed by atoms with Crippen molar-refractivity contribution in [2.75, 3.05) is 11.4 Å². The maximum Gasteiger partial charge on any atom is 0.281 e. The van der Waals surface area contributed by atoms with Gasteiger partial charge in [0.1, 0.15) is 5.71 Å². The van der Waals surface area contributed by atoms with E-state index >= 15 is 0 Å². The smallest absolute Gasteiger partial charge is 0.281 e. The molecule has 8 heteroatoms. The van der Waals surface area contributed by atoms with Gasteiger partial charge in [-0.05, 0) is 6.07 Å². The molecule has 1 aliphatic rings. The fraction of sp³-hybridized carbons (Fsp3) is 0.167. The fourth-order valence-corrected chi connectivity index (χ4v) is 3.84. The van der Waals surface area contributed by atoms with Crippen LogP contribution in [0.5, 0.6) is 0 Å². The Morgan fingerprint density at radius 1 is 1.20 bits per heavy atom. The average Bonchev–Trinajstić information content (AvgIpc) is 2.79. The van der Waals surface area contributed by atoms with E-state index in [0.29, 0.717) is 11.3 Å². The fourth-order valence-electron chi connectivity index (χ4n) is 2.36. The van der Waals surface area contributed by atoms with Crippen LogP contribution in [0.25, 0.3) is 0 Å². The van der Waals surface area contributed by atoms with E-state index in [0.717, 1.165) is 0 Å². The zero-order valence-corrected chi connectivity index (χ0v) is 11.7. The molecule has 104 valence electrons. The molecule has 0 unspecified atom stereocenters. The first-order chi connectivity index (χ1) is 9.48. The molecule has 2 aromatic rings. The minimum absolute atomic E-state index is 0.00370. The van der Waals surface area contributed by atoms with Gasteiger partial charge >= 0.3 is 0 Å². The lowest BCUT2D eigenvalue weighted by atomic mass is 10.0. The zero-order valence-electron chi connectivity index (χ0n) is 10.8. The van der Waals surface area contributed by atoms with Gasteiger partial charge < -0.3 is 5.21 Å². The van der Waals surface area contributed by atoms with Crippen molar-refractivity contribution in [3.8, 4) is 0 Å². The Hall–Kier alpha value is -2.35. The average molecular weight is 292 g/mol. The van der Waals surface area contributed by atoms with E-state index < -0.39 is 10.0 Å². The lowest BCUT2D eigenvalue weighted by Gasteiger charge is -2.19. The van der Waals surface area contributed by atoms with E-state index in [4.69, 9.17) is 0 Å². The van der Waals surface area contributed by atoms with Gasteiger partial charge in [0.25, 0.3) is 10.0 Å². The number of benzene rings is 1. The summed E-state index contributed by atoms with van der Waals surface area (Å²) in [5, 5.41) is 16.6. The Bertz CT molecular complexity index is 823. The molecule has 1 aromatic heterocycles. The monoisotopic (exact) mass is 292 g/mol. The van der Waals surface area contributed by atoms with Gasteiger partial charge in [-0.25, -0.2) is 0 Å². The summed E-state index contributed by atoms with van der Waals surface area (Å²) in [6.45, 7) is 0. The largest absolute Gasteiger partial charge is 0.410 e. The van der Waals surface area contributed by atoms with Gasteiger partial charge in [0, 0.05) is 19.7 Å². The van der Waals surface area contributed by atoms with Crippen LogP contribution in [0.2, 0.25) is 0 Å². The minimum Gasteiger partial charge on any atom is -0.410 e. The number of aromatic nitrogens is 2. The summed E-state index contributed by atoms with van der Waals surface area (Å²) < 4.78 is 27.7. The molecular formula is C12H12N4O3S. The molecule has 7 nitrogen and oxygen atoms in total. The van der Waals surface area contributed by atoms with E-state index in [-0.39, 0.29) is 16.3 Å². The van der Waals surface area contributed by atoms with Crippen LogP contribution >= 0.6 is 0 Å². The van der Waals surface area contributed by atoms with E-state index in [1.54, 1.807) is 24.3 Å². The van der Waals surface area contributed by atoms with Gasteiger partial charge in [0.05, 0.1) is 17.4 Å². The third-order valence-electron chi connectivity index (χ3n) is 3.34. The molecule has 1 aromatic carbocycles. The highest BCUT2D eigenvalue weighted by Crippen LogP contribution is 2.33. The second kappa shape index (κ2) is 4.07. The molecule has 2 heterocycles. The van der Waals surface area contributed by atoms with Gasteiger partial charge in [0.15, 0.2) is 5.03 Å². The predicted molar refractivity (Wildman–Crippen MR) is 72.7 cm³/mol. The molecule has 0 saturated carbocycles. The van der Waals surface area contributed by atoms with Crippen LogP contribution in [0.4, 0.5) is 5.69 Å². The molecule has 0 spiro atoms. The van der Waals surface area contributed by atoms with E-state index in [1.807, 2.05) is 0 Å². The molecular weight excluding hydrogens is 280 g/mol. The number of para-hydroxylation sites is 1. The van der Waals surface area contributed by atoms with Crippen molar-refractivity contribution >= 4 is 21.4 Å². The second-order valence-corrected chi connectivity index (χ2v) is 6.31. The summed E-state index contributed by atoms with van der Waals surface area (Å²) in [6.07, 6.45) is 1.39. The molecule has 20 heavy (non-hydrogen) atoms. The van der Waals surface area contributed by atoms with E-state index in [1.165, 1.54) is 29.3 Å². The van der Waals surface area contributed by atoms with Crippen molar-refractivity contribution < 1.29 is 13.6 Å². The molecule has 0 radical (unpaired) electrons. The molecule has 0 atom stereocenters. The van der Waals surface area contributed by atoms with Crippen molar-refractivity contribution in [2.45, 2.75) is 5.03 Å². The number of aryl methyl sites for hydroxylation is 1. The van der Waals surface area contributed by atoms with Crippen molar-refractivity contribution in [3.63, 3.8) is 0 Å². The summed E-state index contributed by atoms with van der Waals surface area (Å²) >= 11 is 0. The second-order valence-electron chi connectivity index (χ2n) is 4.43. The summed E-state index contributed by atoms with van der Waals surface area (Å²) in [6, 6.07) is 6.86. The third kappa shape index (κ3) is 1.48. The van der Waals surface area contributed by atoms with Gasteiger partial charge in [0.2, 0.25) is 0 Å². The van der Waals surface area contributed by atoms with Crippen LogP contribution in [-0.2, 0) is 17.1 Å². The van der Waals surface area contributed by atoms with Crippen LogP contribution in [0.15, 0.2) is 40.6 Å². The summed E-state index contributed by atoms with van der Waals surface area (Å²) in [4.78, 5) is 0. The predicted octanol–water partition coefficient (Wildman–Crippen LogP) is 0.785. The molecule has 0 amide bonds. The molecule has 1 aliphatic heterocycles. The maximum absolute atomic E-state index is 12.7. The van der Waals surface area contributed by atoms with Crippen molar-refractivity contribution in [1.29, 1.82) is 0 Å². The number of rotatable bonds is 0. The SMILES string of the molecule is CN1c2ccccc2/C(=N/O)c2cnn(C)c2S1(=O)=O. The number of hydrogen-bond donors (Lipinski definition) is 1. The topological polar surface area (TPSA) is 87.8 Å². The quantitative estimate of drug-likeness (QED) is 0.574. The Morgan fingerprint density at radius 2 is 1.90 bits per heavy atom. The molecule has 0 saturated heterocycles. The maximum atomic E-state index is 12.7. The van der Waals surface area contributed by atoms with Crippen LogP contribution in [0.3, 0.4) is 0 Å². The zero-order chi connectivity index (χ0) is 14.5. The standard InChI is InChI=1S/C12H12N4O3S/c1-15-12-9(7-13-15)11(14-17)8-5-3-4-6-10(8)16(2)20(12,18)19/h3-7,17H,1-2H3/b14-11-. The number of hydrogen-bond acceptors (Lipinski definition) is 5. The normalized spacial score (nSPS) is 18.5. The van der Waals surface area contributed by atoms with Gasteiger partial charge in [-0.2, -0.15) is 13.5 Å². The molecule has 1 N–H and O–H groups in total. The summed E-state index contributed by atoms with van der Waals surface area (Å²) in [5.74, 6) is 0. The molecule has 0 aliphatic carbocycles. The van der Waals surface area contributed by atoms with E-state index in [9.17, 15) is 13.6 Å². The van der Waals surface area contributed by atoms with Crippen LogP contribution in [0.1, 0.15) is 11.1 Å². The van der Waals surface area contributed by atoms with Crippen molar-refractivity contribution in [3.05, 3.63) is 41.6 Å². The van der Waals surface area contributed by atoms with Crippen LogP contribution in [0, 0.1) is 0 Å². The summed E-state index contributed by atoms with van der Waals surface area (Å²) in [5.41, 5.74) is 1.47. The third-order valence-corrected chi connectivity index (χ3v) is 5.23. The lowest BCUT2D eigenvalue weighted by molar-refractivity contribution is 0.319. The molecule has 3 rings (SSSR count). The first-order valence-corrected chi connectivity index (χ1v) is 7.25. The Labute approximate surface area is 115 Å². The Morgan fingerprint density at radius 3 is 2.60 bits per heavy atom. The van der Waals surface area contributed by atoms with Crippen molar-refractivity contribution in [2.24, 2.45) is 12.2 Å². The highest BCUT2D eigenvalue weighted by Gasteiger charge is 2.36. The number of anilines is 1. The minimum atomic E-state index is -3.76. The lowest BCUT2D eigenvalue weighted by Crippen LogP contribution is -2.28. The number of oxime groups is 1. The van der Waals surface area contributed by atoms with Gasteiger partial charge in [-0.15, -0.1) is 0 Å². The van der Waals surface area contributed by atoms with Gasteiger partial charge in [-0.3, -0.25) is 8.99 Å². The summed E-state index contributed by atoms with van der Waals surface area (Å²) in [7, 11) is -0.759. The van der Waals surface area contributed by atoms with E-state index in [2.05, 4.69) is 10.3 Å². The van der Waals surface area contributed by atoms with Crippen LogP contribution < -0.4 is 4.31 Å². The highest BCUT2D eigenvalue weighted by molar-refractivity contribution is 7.92. The Kier molecular flexibility index (Phi) is 2.58. The number of nitrogens with zero attached hydrogens (tertiary/aromatic N) is 4. The van der Waals surface area contributed by atoms with Crippen molar-refractivity contribution in [1.82, 2.24) is 9.78 Å².